The van der Waals surface area contributed by atoms with Gasteiger partial charge in [-0.25, -0.2) is 4.57 Å². The molecule has 212 valence electrons. The summed E-state index contributed by atoms with van der Waals surface area (Å²) in [6, 6.07) is 21.0. The van der Waals surface area contributed by atoms with Crippen molar-refractivity contribution in [1.82, 2.24) is 0 Å². The van der Waals surface area contributed by atoms with Crippen LogP contribution >= 0.6 is 7.82 Å². The quantitative estimate of drug-likeness (QED) is 0.164. The van der Waals surface area contributed by atoms with Gasteiger partial charge in [0.25, 0.3) is 0 Å². The molecule has 0 aromatic heterocycles. The van der Waals surface area contributed by atoms with Gasteiger partial charge in [0.2, 0.25) is 0 Å². The zero-order valence-electron chi connectivity index (χ0n) is 22.7. The van der Waals surface area contributed by atoms with Gasteiger partial charge in [0.15, 0.2) is 11.6 Å². The summed E-state index contributed by atoms with van der Waals surface area (Å²) in [6.45, 7) is 0. The first-order chi connectivity index (χ1) is 19.7. The number of phosphoric acid groups is 1. The second-order valence-corrected chi connectivity index (χ2v) is 9.79. The van der Waals surface area contributed by atoms with Crippen LogP contribution in [0.2, 0.25) is 0 Å². The van der Waals surface area contributed by atoms with Gasteiger partial charge < -0.3 is 28.0 Å². The molecule has 1 N–H and O–H groups in total. The first-order valence-electron chi connectivity index (χ1n) is 12.1. The highest BCUT2D eigenvalue weighted by Crippen LogP contribution is 2.44. The van der Waals surface area contributed by atoms with Gasteiger partial charge in [-0.15, -0.1) is 0 Å². The van der Waals surface area contributed by atoms with Crippen molar-refractivity contribution >= 4 is 19.4 Å². The largest absolute Gasteiger partial charge is 0.584 e. The van der Waals surface area contributed by atoms with E-state index in [2.05, 4.69) is 0 Å². The monoisotopic (exact) mass is 578 g/mol. The third-order valence-electron chi connectivity index (χ3n) is 5.98. The van der Waals surface area contributed by atoms with Crippen LogP contribution in [0.25, 0.3) is 0 Å². The molecule has 0 bridgehead atoms. The predicted octanol–water partition coefficient (Wildman–Crippen LogP) is 5.74. The fourth-order valence-electron chi connectivity index (χ4n) is 3.90. The Hall–Kier alpha value is -4.79. The number of rotatable bonds is 12. The van der Waals surface area contributed by atoms with Crippen molar-refractivity contribution in [2.24, 2.45) is 0 Å². The van der Waals surface area contributed by atoms with E-state index in [4.69, 9.17) is 28.0 Å². The van der Waals surface area contributed by atoms with Gasteiger partial charge in [-0.3, -0.25) is 14.5 Å². The van der Waals surface area contributed by atoms with E-state index in [1.807, 2.05) is 0 Å². The van der Waals surface area contributed by atoms with Gasteiger partial charge in [-0.1, -0.05) is 0 Å². The molecule has 0 fully saturated rings. The average molecular weight is 579 g/mol. The molecule has 0 spiro atoms. The third-order valence-corrected chi connectivity index (χ3v) is 6.86. The second kappa shape index (κ2) is 12.6. The molecule has 0 saturated heterocycles. The van der Waals surface area contributed by atoms with Gasteiger partial charge in [0, 0.05) is 23.3 Å². The Morgan fingerprint density at radius 3 is 1.20 bits per heavy atom. The summed E-state index contributed by atoms with van der Waals surface area (Å²) in [5.74, 6) is 1.15. The van der Waals surface area contributed by atoms with E-state index < -0.39 is 7.82 Å². The molecule has 0 atom stereocenters. The maximum Gasteiger partial charge on any atom is 0.584 e. The first-order valence-corrected chi connectivity index (χ1v) is 13.6. The molecular weight excluding hydrogens is 551 g/mol. The minimum Gasteiger partial charge on any atom is -0.497 e. The van der Waals surface area contributed by atoms with Gasteiger partial charge >= 0.3 is 7.82 Å². The second-order valence-electron chi connectivity index (χ2n) is 8.49. The van der Waals surface area contributed by atoms with Crippen LogP contribution in [-0.4, -0.2) is 44.9 Å². The predicted molar refractivity (Wildman–Crippen MR) is 150 cm³/mol. The molecule has 4 aromatic rings. The van der Waals surface area contributed by atoms with E-state index in [-0.39, 0.29) is 23.1 Å². The van der Waals surface area contributed by atoms with Crippen molar-refractivity contribution in [3.63, 3.8) is 0 Å². The standard InChI is InChI=1S/C30H27O10P/c1-35-23-13-15-25(27(17-23)37-3)29(31)19-5-9-21(10-6-19)39-41(33,34)40-22-11-7-20(8-12-22)30(32)26-16-14-24(36-2)18-28(26)38-4/h5-18H,1-4H3,(H,33,34). The van der Waals surface area contributed by atoms with Crippen LogP contribution in [0, 0.1) is 0 Å². The van der Waals surface area contributed by atoms with Gasteiger partial charge in [-0.2, -0.15) is 0 Å². The van der Waals surface area contributed by atoms with Crippen molar-refractivity contribution < 1.29 is 47.0 Å². The number of benzene rings is 4. The van der Waals surface area contributed by atoms with Crippen LogP contribution in [0.1, 0.15) is 31.8 Å². The number of ketones is 2. The summed E-state index contributed by atoms with van der Waals surface area (Å²) in [6.07, 6.45) is 0. The van der Waals surface area contributed by atoms with E-state index in [1.54, 1.807) is 36.4 Å². The smallest absolute Gasteiger partial charge is 0.497 e. The van der Waals surface area contributed by atoms with Crippen molar-refractivity contribution in [2.75, 3.05) is 28.4 Å². The molecule has 0 amide bonds. The van der Waals surface area contributed by atoms with E-state index in [1.165, 1.54) is 77.0 Å². The van der Waals surface area contributed by atoms with E-state index >= 15 is 0 Å². The van der Waals surface area contributed by atoms with Gasteiger partial charge in [0.1, 0.15) is 34.5 Å². The van der Waals surface area contributed by atoms with Gasteiger partial charge in [-0.05, 0) is 72.8 Å². The van der Waals surface area contributed by atoms with Crippen LogP contribution in [0.3, 0.4) is 0 Å². The first kappa shape index (κ1) is 29.2. The normalized spacial score (nSPS) is 10.9. The summed E-state index contributed by atoms with van der Waals surface area (Å²) >= 11 is 0. The Kier molecular flexibility index (Phi) is 8.97. The topological polar surface area (TPSA) is 127 Å². The molecule has 41 heavy (non-hydrogen) atoms. The van der Waals surface area contributed by atoms with Crippen LogP contribution in [-0.2, 0) is 4.57 Å². The van der Waals surface area contributed by atoms with E-state index in [0.717, 1.165) is 0 Å². The maximum absolute atomic E-state index is 13.0. The highest BCUT2D eigenvalue weighted by atomic mass is 31.2. The molecule has 11 heteroatoms. The maximum atomic E-state index is 13.0. The third kappa shape index (κ3) is 6.87. The summed E-state index contributed by atoms with van der Waals surface area (Å²) in [4.78, 5) is 36.2. The highest BCUT2D eigenvalue weighted by molar-refractivity contribution is 7.48. The van der Waals surface area contributed by atoms with Crippen LogP contribution in [0.4, 0.5) is 0 Å². The number of methoxy groups -OCH3 is 4. The molecule has 0 heterocycles. The van der Waals surface area contributed by atoms with E-state index in [9.17, 15) is 19.0 Å². The molecule has 0 aliphatic rings. The molecule has 0 saturated carbocycles. The number of carbonyl (C=O) groups is 2. The number of carbonyl (C=O) groups excluding carboxylic acids is 2. The number of phosphoric ester groups is 1. The molecule has 0 aliphatic heterocycles. The zero-order chi connectivity index (χ0) is 29.6. The lowest BCUT2D eigenvalue weighted by Gasteiger charge is -2.15. The summed E-state index contributed by atoms with van der Waals surface area (Å²) in [7, 11) is 1.31. The minimum absolute atomic E-state index is 0.00692. The van der Waals surface area contributed by atoms with Crippen LogP contribution in [0.15, 0.2) is 84.9 Å². The number of ether oxygens (including phenoxy) is 4. The summed E-state index contributed by atoms with van der Waals surface area (Å²) in [5, 5.41) is 0. The molecule has 4 aromatic carbocycles. The Morgan fingerprint density at radius 2 is 0.878 bits per heavy atom. The minimum atomic E-state index is -4.61. The number of hydrogen-bond acceptors (Lipinski definition) is 9. The van der Waals surface area contributed by atoms with Crippen molar-refractivity contribution in [1.29, 1.82) is 0 Å². The lowest BCUT2D eigenvalue weighted by Crippen LogP contribution is -2.05. The van der Waals surface area contributed by atoms with Crippen molar-refractivity contribution in [3.05, 3.63) is 107 Å². The average Bonchev–Trinajstić information content (AvgIpc) is 3.00. The van der Waals surface area contributed by atoms with Crippen LogP contribution in [0.5, 0.6) is 34.5 Å². The zero-order valence-corrected chi connectivity index (χ0v) is 23.5. The molecular formula is C30H27O10P. The van der Waals surface area contributed by atoms with E-state index in [0.29, 0.717) is 45.3 Å². The highest BCUT2D eigenvalue weighted by Gasteiger charge is 2.26. The molecule has 0 radical (unpaired) electrons. The Labute approximate surface area is 236 Å². The van der Waals surface area contributed by atoms with Crippen molar-refractivity contribution in [3.8, 4) is 34.5 Å². The summed E-state index contributed by atoms with van der Waals surface area (Å²) < 4.78 is 43.9. The Bertz CT molecular complexity index is 1480. The van der Waals surface area contributed by atoms with Crippen LogP contribution < -0.4 is 28.0 Å². The fraction of sp³-hybridized carbons (Fsp3) is 0.133. The molecule has 0 unspecified atom stereocenters. The van der Waals surface area contributed by atoms with Gasteiger partial charge in [0.05, 0.1) is 39.6 Å². The Morgan fingerprint density at radius 1 is 0.537 bits per heavy atom. The summed E-state index contributed by atoms with van der Waals surface area (Å²) in [5.41, 5.74) is 1.27. The molecule has 10 nitrogen and oxygen atoms in total. The lowest BCUT2D eigenvalue weighted by atomic mass is 10.0. The number of hydrogen-bond donors (Lipinski definition) is 1. The van der Waals surface area contributed by atoms with Crippen molar-refractivity contribution in [2.45, 2.75) is 0 Å². The molecule has 0 aliphatic carbocycles. The fourth-order valence-corrected chi connectivity index (χ4v) is 4.72. The SMILES string of the molecule is COc1ccc(C(=O)c2ccc(OP(=O)(O)Oc3ccc(C(=O)c4ccc(OC)cc4OC)cc3)cc2)c(OC)c1. The lowest BCUT2D eigenvalue weighted by molar-refractivity contribution is 0.102. The Balaban J connectivity index is 1.42. The molecule has 4 rings (SSSR count).